The number of halogens is 1. The molecule has 23 heavy (non-hydrogen) atoms. The highest BCUT2D eigenvalue weighted by Crippen LogP contribution is 2.14. The summed E-state index contributed by atoms with van der Waals surface area (Å²) in [6.07, 6.45) is 0. The zero-order valence-electron chi connectivity index (χ0n) is 14.4. The van der Waals surface area contributed by atoms with Crippen molar-refractivity contribution < 1.29 is 9.18 Å². The maximum Gasteiger partial charge on any atom is 0.322 e. The van der Waals surface area contributed by atoms with Crippen molar-refractivity contribution >= 4 is 12.0 Å². The average molecular weight is 321 g/mol. The van der Waals surface area contributed by atoms with Gasteiger partial charge in [-0.15, -0.1) is 0 Å². The molecule has 0 bridgehead atoms. The highest BCUT2D eigenvalue weighted by molar-refractivity contribution is 5.82. The lowest BCUT2D eigenvalue weighted by atomic mass is 10.1. The maximum atomic E-state index is 13.4. The number of carbonyl (C=O) groups is 1. The Morgan fingerprint density at radius 1 is 1.30 bits per heavy atom. The summed E-state index contributed by atoms with van der Waals surface area (Å²) in [7, 11) is 7.21. The van der Waals surface area contributed by atoms with Crippen molar-refractivity contribution in [2.75, 3.05) is 41.5 Å². The summed E-state index contributed by atoms with van der Waals surface area (Å²) < 4.78 is 13.4. The van der Waals surface area contributed by atoms with Crippen LogP contribution in [0.15, 0.2) is 23.2 Å². The van der Waals surface area contributed by atoms with Crippen LogP contribution in [0.4, 0.5) is 9.18 Å². The van der Waals surface area contributed by atoms with Crippen molar-refractivity contribution in [1.82, 2.24) is 19.6 Å². The summed E-state index contributed by atoms with van der Waals surface area (Å²) in [5, 5.41) is 0. The molecule has 1 saturated heterocycles. The number of nitrogens with zero attached hydrogens (tertiary/aromatic N) is 5. The number of amides is 2. The maximum absolute atomic E-state index is 13.4. The molecule has 7 heteroatoms. The van der Waals surface area contributed by atoms with Crippen LogP contribution in [0.2, 0.25) is 0 Å². The van der Waals surface area contributed by atoms with Gasteiger partial charge in [0.05, 0.1) is 13.3 Å². The minimum Gasteiger partial charge on any atom is -0.341 e. The molecule has 0 aliphatic carbocycles. The van der Waals surface area contributed by atoms with Crippen LogP contribution in [0.5, 0.6) is 0 Å². The van der Waals surface area contributed by atoms with E-state index in [0.29, 0.717) is 25.4 Å². The minimum absolute atomic E-state index is 0.00600. The van der Waals surface area contributed by atoms with Gasteiger partial charge in [0.15, 0.2) is 5.96 Å². The van der Waals surface area contributed by atoms with Gasteiger partial charge in [-0.2, -0.15) is 0 Å². The lowest BCUT2D eigenvalue weighted by Gasteiger charge is -2.42. The second-order valence-electron chi connectivity index (χ2n) is 5.96. The molecule has 0 radical (unpaired) electrons. The van der Waals surface area contributed by atoms with Crippen LogP contribution in [-0.2, 0) is 6.54 Å². The molecule has 1 fully saturated rings. The molecule has 0 unspecified atom stereocenters. The van der Waals surface area contributed by atoms with Crippen molar-refractivity contribution in [1.29, 1.82) is 0 Å². The third kappa shape index (κ3) is 3.72. The molecule has 1 heterocycles. The van der Waals surface area contributed by atoms with Gasteiger partial charge in [0.2, 0.25) is 0 Å². The van der Waals surface area contributed by atoms with Crippen LogP contribution < -0.4 is 0 Å². The van der Waals surface area contributed by atoms with Crippen molar-refractivity contribution in [2.45, 2.75) is 13.5 Å². The number of carbonyl (C=O) groups excluding carboxylic acids is 1. The molecule has 1 aromatic carbocycles. The number of rotatable bonds is 2. The number of hydrogen-bond donors (Lipinski definition) is 0. The fourth-order valence-corrected chi connectivity index (χ4v) is 2.80. The van der Waals surface area contributed by atoms with Crippen molar-refractivity contribution in [3.63, 3.8) is 0 Å². The Kier molecular flexibility index (Phi) is 5.08. The lowest BCUT2D eigenvalue weighted by molar-refractivity contribution is 0.0876. The van der Waals surface area contributed by atoms with E-state index < -0.39 is 0 Å². The topological polar surface area (TPSA) is 42.4 Å². The smallest absolute Gasteiger partial charge is 0.322 e. The third-order valence-electron chi connectivity index (χ3n) is 3.89. The van der Waals surface area contributed by atoms with E-state index in [0.717, 1.165) is 11.5 Å². The van der Waals surface area contributed by atoms with Gasteiger partial charge in [-0.3, -0.25) is 4.99 Å². The zero-order valence-corrected chi connectivity index (χ0v) is 14.4. The number of urea groups is 1. The summed E-state index contributed by atoms with van der Waals surface area (Å²) in [5.41, 5.74) is 1.65. The summed E-state index contributed by atoms with van der Waals surface area (Å²) in [6.45, 7) is 3.35. The van der Waals surface area contributed by atoms with E-state index in [-0.39, 0.29) is 11.8 Å². The van der Waals surface area contributed by atoms with Crippen molar-refractivity contribution in [3.05, 3.63) is 35.1 Å². The molecule has 2 amide bonds. The first-order chi connectivity index (χ1) is 10.8. The van der Waals surface area contributed by atoms with Crippen molar-refractivity contribution in [2.24, 2.45) is 4.99 Å². The second kappa shape index (κ2) is 6.85. The van der Waals surface area contributed by atoms with Gasteiger partial charge in [0.1, 0.15) is 5.82 Å². The van der Waals surface area contributed by atoms with Crippen molar-refractivity contribution in [3.8, 4) is 0 Å². The first kappa shape index (κ1) is 17.1. The zero-order chi connectivity index (χ0) is 17.1. The Labute approximate surface area is 136 Å². The summed E-state index contributed by atoms with van der Waals surface area (Å²) in [5.74, 6) is 0.594. The molecule has 1 aromatic rings. The molecule has 0 N–H and O–H groups in total. The van der Waals surface area contributed by atoms with E-state index in [1.807, 2.05) is 22.9 Å². The quantitative estimate of drug-likeness (QED) is 0.616. The Morgan fingerprint density at radius 2 is 1.91 bits per heavy atom. The molecule has 0 spiro atoms. The lowest BCUT2D eigenvalue weighted by Crippen LogP contribution is -2.59. The Bertz CT molecular complexity index is 604. The first-order valence-electron chi connectivity index (χ1n) is 7.47. The van der Waals surface area contributed by atoms with Crippen LogP contribution in [0.3, 0.4) is 0 Å². The molecule has 1 aliphatic rings. The number of hydrogen-bond acceptors (Lipinski definition) is 2. The summed E-state index contributed by atoms with van der Waals surface area (Å²) in [6, 6.07) is 5.11. The average Bonchev–Trinajstić information content (AvgIpc) is 2.49. The Morgan fingerprint density at radius 3 is 2.43 bits per heavy atom. The molecule has 2 rings (SSSR count). The molecular formula is C16H24FN5O. The standard InChI is InChI=1S/C16H24FN5O/c1-12-8-13(6-7-14(12)17)9-19(3)15(18-2)22-10-20(4)16(23)21(5)11-22/h6-8H,9-11H2,1-5H3. The predicted molar refractivity (Wildman–Crippen MR) is 88.5 cm³/mol. The summed E-state index contributed by atoms with van der Waals surface area (Å²) in [4.78, 5) is 23.5. The van der Waals surface area contributed by atoms with Gasteiger partial charge < -0.3 is 19.6 Å². The largest absolute Gasteiger partial charge is 0.341 e. The van der Waals surface area contributed by atoms with Gasteiger partial charge in [-0.1, -0.05) is 12.1 Å². The fraction of sp³-hybridized carbons (Fsp3) is 0.500. The normalized spacial score (nSPS) is 16.2. The van der Waals surface area contributed by atoms with Crippen LogP contribution in [-0.4, -0.2) is 73.1 Å². The van der Waals surface area contributed by atoms with E-state index in [9.17, 15) is 9.18 Å². The number of aryl methyl sites for hydroxylation is 1. The highest BCUT2D eigenvalue weighted by atomic mass is 19.1. The van der Waals surface area contributed by atoms with E-state index in [2.05, 4.69) is 4.99 Å². The Balaban J connectivity index is 2.11. The van der Waals surface area contributed by atoms with Crippen LogP contribution >= 0.6 is 0 Å². The van der Waals surface area contributed by atoms with Gasteiger partial charge in [-0.05, 0) is 24.1 Å². The van der Waals surface area contributed by atoms with E-state index in [1.54, 1.807) is 43.9 Å². The van der Waals surface area contributed by atoms with Crippen LogP contribution in [0.1, 0.15) is 11.1 Å². The van der Waals surface area contributed by atoms with Gasteiger partial charge in [-0.25, -0.2) is 9.18 Å². The highest BCUT2D eigenvalue weighted by Gasteiger charge is 2.28. The summed E-state index contributed by atoms with van der Waals surface area (Å²) >= 11 is 0. The molecule has 0 atom stereocenters. The monoisotopic (exact) mass is 321 g/mol. The molecule has 1 aliphatic heterocycles. The molecule has 0 saturated carbocycles. The van der Waals surface area contributed by atoms with E-state index in [1.165, 1.54) is 6.07 Å². The molecule has 126 valence electrons. The molecule has 6 nitrogen and oxygen atoms in total. The third-order valence-corrected chi connectivity index (χ3v) is 3.89. The van der Waals surface area contributed by atoms with Crippen LogP contribution in [0, 0.1) is 12.7 Å². The molecule has 0 aromatic heterocycles. The SMILES string of the molecule is CN=C(N(C)Cc1ccc(F)c(C)c1)N1CN(C)C(=O)N(C)C1. The van der Waals surface area contributed by atoms with Crippen LogP contribution in [0.25, 0.3) is 0 Å². The van der Waals surface area contributed by atoms with Gasteiger partial charge in [0.25, 0.3) is 0 Å². The Hall–Kier alpha value is -2.31. The minimum atomic E-state index is -0.196. The predicted octanol–water partition coefficient (Wildman–Crippen LogP) is 1.77. The number of aliphatic imine (C=N–C) groups is 1. The number of guanidine groups is 1. The molecular weight excluding hydrogens is 297 g/mol. The van der Waals surface area contributed by atoms with E-state index in [4.69, 9.17) is 0 Å². The van der Waals surface area contributed by atoms with Gasteiger partial charge >= 0.3 is 6.03 Å². The first-order valence-corrected chi connectivity index (χ1v) is 7.47. The van der Waals surface area contributed by atoms with E-state index >= 15 is 0 Å². The van der Waals surface area contributed by atoms with Gasteiger partial charge in [0, 0.05) is 34.7 Å². The fourth-order valence-electron chi connectivity index (χ4n) is 2.80. The second-order valence-corrected chi connectivity index (χ2v) is 5.96. The number of benzene rings is 1.